The van der Waals surface area contributed by atoms with Crippen molar-refractivity contribution < 1.29 is 9.53 Å². The molecule has 2 aromatic carbocycles. The summed E-state index contributed by atoms with van der Waals surface area (Å²) in [6.45, 7) is 2.16. The van der Waals surface area contributed by atoms with E-state index in [0.29, 0.717) is 33.0 Å². The highest BCUT2D eigenvalue weighted by Gasteiger charge is 2.18. The molecule has 8 heteroatoms. The van der Waals surface area contributed by atoms with Crippen molar-refractivity contribution in [3.8, 4) is 5.75 Å². The highest BCUT2D eigenvalue weighted by atomic mass is 35.5. The molecular weight excluding hydrogens is 447 g/mol. The molecule has 1 fully saturated rings. The molecule has 0 unspecified atom stereocenters. The molecule has 1 aromatic heterocycles. The van der Waals surface area contributed by atoms with Gasteiger partial charge in [-0.2, -0.15) is 0 Å². The van der Waals surface area contributed by atoms with Gasteiger partial charge in [-0.1, -0.05) is 54.9 Å². The van der Waals surface area contributed by atoms with Crippen LogP contribution >= 0.6 is 23.2 Å². The van der Waals surface area contributed by atoms with Gasteiger partial charge < -0.3 is 15.0 Å². The summed E-state index contributed by atoms with van der Waals surface area (Å²) in [5, 5.41) is 11.8. The third-order valence-electron chi connectivity index (χ3n) is 4.95. The first-order chi connectivity index (χ1) is 15.0. The molecule has 0 aliphatic carbocycles. The number of benzene rings is 2. The Labute approximate surface area is 197 Å². The van der Waals surface area contributed by atoms with Crippen LogP contribution in [0.1, 0.15) is 35.3 Å². The zero-order valence-electron chi connectivity index (χ0n) is 16.6. The highest BCUT2D eigenvalue weighted by molar-refractivity contribution is 6.31. The average Bonchev–Trinajstić information content (AvgIpc) is 2.73. The molecule has 2 heterocycles. The summed E-state index contributed by atoms with van der Waals surface area (Å²) in [7, 11) is 0. The number of amides is 1. The van der Waals surface area contributed by atoms with Crippen molar-refractivity contribution in [1.82, 2.24) is 9.88 Å². The first kappa shape index (κ1) is 23.6. The van der Waals surface area contributed by atoms with Crippen LogP contribution in [0, 0.1) is 5.41 Å². The summed E-state index contributed by atoms with van der Waals surface area (Å²) in [5.74, 6) is 0.950. The van der Waals surface area contributed by atoms with Gasteiger partial charge in [-0.15, -0.1) is 0 Å². The normalized spacial score (nSPS) is 12.4. The van der Waals surface area contributed by atoms with Crippen molar-refractivity contribution in [2.24, 2.45) is 0 Å². The number of rotatable bonds is 6. The van der Waals surface area contributed by atoms with Crippen molar-refractivity contribution in [3.63, 3.8) is 0 Å². The number of likely N-dealkylation sites (tertiary alicyclic amines) is 1. The van der Waals surface area contributed by atoms with Gasteiger partial charge in [0.25, 0.3) is 5.91 Å². The number of pyridine rings is 1. The second-order valence-corrected chi connectivity index (χ2v) is 8.00. The molecule has 1 aliphatic heterocycles. The molecule has 0 bridgehead atoms. The number of nitrogens with zero attached hydrogens (tertiary/aromatic N) is 2. The van der Waals surface area contributed by atoms with Gasteiger partial charge in [-0.05, 0) is 42.3 Å². The Kier molecular flexibility index (Phi) is 7.72. The molecular formula is C24H24Cl2N4O2. The lowest BCUT2D eigenvalue weighted by Crippen LogP contribution is -2.42. The van der Waals surface area contributed by atoms with Gasteiger partial charge in [0.15, 0.2) is 0 Å². The van der Waals surface area contributed by atoms with Crippen LogP contribution < -0.4 is 10.1 Å². The molecule has 0 radical (unpaired) electrons. The van der Waals surface area contributed by atoms with Crippen LogP contribution in [0.5, 0.6) is 5.75 Å². The third kappa shape index (κ3) is 5.58. The van der Waals surface area contributed by atoms with Crippen LogP contribution in [-0.2, 0) is 6.61 Å². The van der Waals surface area contributed by atoms with Gasteiger partial charge in [-0.25, -0.2) is 4.98 Å². The molecule has 4 rings (SSSR count). The Morgan fingerprint density at radius 3 is 2.41 bits per heavy atom. The van der Waals surface area contributed by atoms with Gasteiger partial charge in [0.1, 0.15) is 24.0 Å². The zero-order chi connectivity index (χ0) is 21.8. The van der Waals surface area contributed by atoms with Crippen LogP contribution in [0.2, 0.25) is 10.0 Å². The fourth-order valence-corrected chi connectivity index (χ4v) is 3.37. The van der Waals surface area contributed by atoms with Crippen molar-refractivity contribution in [1.29, 1.82) is 5.41 Å². The average molecular weight is 471 g/mol. The van der Waals surface area contributed by atoms with Crippen LogP contribution in [0.25, 0.3) is 0 Å². The third-order valence-corrected chi connectivity index (χ3v) is 5.41. The lowest BCUT2D eigenvalue weighted by Gasteiger charge is -2.33. The number of nitrogens with one attached hydrogen (secondary N) is 2. The van der Waals surface area contributed by atoms with Crippen LogP contribution in [-0.4, -0.2) is 34.7 Å². The Morgan fingerprint density at radius 1 is 1.06 bits per heavy atom. The maximum atomic E-state index is 12.7. The first-order valence-corrected chi connectivity index (χ1v) is 10.5. The topological polar surface area (TPSA) is 78.3 Å². The SMILES string of the molecule is C.N=C(c1ccc(COc2ccc(Cl)cc2C(=O)Nc2ccc(Cl)cn2)cc1)N1CCC1. The number of hydrogen-bond acceptors (Lipinski definition) is 4. The summed E-state index contributed by atoms with van der Waals surface area (Å²) in [5.41, 5.74) is 2.12. The predicted octanol–water partition coefficient (Wildman–Crippen LogP) is 5.89. The molecule has 1 aliphatic rings. The molecule has 166 valence electrons. The van der Waals surface area contributed by atoms with E-state index in [9.17, 15) is 4.79 Å². The minimum absolute atomic E-state index is 0. The van der Waals surface area contributed by atoms with E-state index in [0.717, 1.165) is 30.6 Å². The Hall–Kier alpha value is -3.09. The van der Waals surface area contributed by atoms with E-state index in [4.69, 9.17) is 33.3 Å². The second kappa shape index (κ2) is 10.5. The van der Waals surface area contributed by atoms with Gasteiger partial charge in [-0.3, -0.25) is 10.2 Å². The van der Waals surface area contributed by atoms with Gasteiger partial charge in [0, 0.05) is 29.9 Å². The largest absolute Gasteiger partial charge is 0.488 e. The number of anilines is 1. The second-order valence-electron chi connectivity index (χ2n) is 7.13. The Bertz CT molecular complexity index is 1100. The van der Waals surface area contributed by atoms with Gasteiger partial charge in [0.05, 0.1) is 10.6 Å². The molecule has 1 amide bonds. The number of halogens is 2. The van der Waals surface area contributed by atoms with E-state index in [-0.39, 0.29) is 19.9 Å². The quantitative estimate of drug-likeness (QED) is 0.347. The summed E-state index contributed by atoms with van der Waals surface area (Å²) in [6.07, 6.45) is 2.59. The van der Waals surface area contributed by atoms with E-state index in [1.807, 2.05) is 29.2 Å². The van der Waals surface area contributed by atoms with Crippen LogP contribution in [0.15, 0.2) is 60.8 Å². The number of hydrogen-bond donors (Lipinski definition) is 2. The lowest BCUT2D eigenvalue weighted by atomic mass is 10.1. The van der Waals surface area contributed by atoms with Gasteiger partial charge in [0.2, 0.25) is 0 Å². The summed E-state index contributed by atoms with van der Waals surface area (Å²) < 4.78 is 5.91. The molecule has 3 aromatic rings. The summed E-state index contributed by atoms with van der Waals surface area (Å²) in [4.78, 5) is 18.9. The maximum absolute atomic E-state index is 12.7. The summed E-state index contributed by atoms with van der Waals surface area (Å²) in [6, 6.07) is 15.8. The van der Waals surface area contributed by atoms with Crippen LogP contribution in [0.3, 0.4) is 0 Å². The van der Waals surface area contributed by atoms with Crippen molar-refractivity contribution >= 4 is 40.8 Å². The smallest absolute Gasteiger partial charge is 0.260 e. The van der Waals surface area contributed by atoms with Crippen molar-refractivity contribution in [3.05, 3.63) is 87.5 Å². The van der Waals surface area contributed by atoms with Crippen molar-refractivity contribution in [2.45, 2.75) is 20.5 Å². The minimum atomic E-state index is -0.384. The number of carbonyl (C=O) groups excluding carboxylic acids is 1. The maximum Gasteiger partial charge on any atom is 0.260 e. The monoisotopic (exact) mass is 470 g/mol. The van der Waals surface area contributed by atoms with Crippen LogP contribution in [0.4, 0.5) is 5.82 Å². The molecule has 32 heavy (non-hydrogen) atoms. The number of carbonyl (C=O) groups is 1. The number of amidine groups is 1. The van der Waals surface area contributed by atoms with E-state index in [1.165, 1.54) is 6.20 Å². The van der Waals surface area contributed by atoms with Gasteiger partial charge >= 0.3 is 0 Å². The van der Waals surface area contributed by atoms with Crippen molar-refractivity contribution in [2.75, 3.05) is 18.4 Å². The van der Waals surface area contributed by atoms with E-state index in [2.05, 4.69) is 10.3 Å². The van der Waals surface area contributed by atoms with E-state index in [1.54, 1.807) is 30.3 Å². The molecule has 6 nitrogen and oxygen atoms in total. The lowest BCUT2D eigenvalue weighted by molar-refractivity contribution is 0.102. The van der Waals surface area contributed by atoms with E-state index < -0.39 is 0 Å². The highest BCUT2D eigenvalue weighted by Crippen LogP contribution is 2.25. The number of ether oxygens (including phenoxy) is 1. The fraction of sp³-hybridized carbons (Fsp3) is 0.208. The standard InChI is InChI=1S/C23H20Cl2N4O2.CH4/c24-17-6-8-20(19(12-17)23(30)28-21-9-7-18(25)13-27-21)31-14-15-2-4-16(5-3-15)22(26)29-10-1-11-29;/h2-9,12-13,26H,1,10-11,14H2,(H,27,28,30);1H4. The first-order valence-electron chi connectivity index (χ1n) is 9.78. The zero-order valence-corrected chi connectivity index (χ0v) is 18.1. The number of aromatic nitrogens is 1. The summed E-state index contributed by atoms with van der Waals surface area (Å²) >= 11 is 11.9. The molecule has 0 spiro atoms. The fourth-order valence-electron chi connectivity index (χ4n) is 3.08. The molecule has 0 saturated carbocycles. The minimum Gasteiger partial charge on any atom is -0.488 e. The molecule has 1 saturated heterocycles. The molecule has 0 atom stereocenters. The van der Waals surface area contributed by atoms with E-state index >= 15 is 0 Å². The Balaban J connectivity index is 0.00000289. The Morgan fingerprint density at radius 2 is 1.78 bits per heavy atom. The predicted molar refractivity (Wildman–Crippen MR) is 129 cm³/mol. The molecule has 2 N–H and O–H groups in total.